The third-order valence-corrected chi connectivity index (χ3v) is 5.32. The van der Waals surface area contributed by atoms with Crippen molar-refractivity contribution in [1.29, 1.82) is 0 Å². The lowest BCUT2D eigenvalue weighted by molar-refractivity contribution is -0.132. The maximum atomic E-state index is 13.0. The van der Waals surface area contributed by atoms with Crippen LogP contribution in [0.1, 0.15) is 17.4 Å². The molecular weight excluding hydrogens is 429 g/mol. The van der Waals surface area contributed by atoms with E-state index in [0.29, 0.717) is 27.2 Å². The van der Waals surface area contributed by atoms with Gasteiger partial charge in [-0.15, -0.1) is 0 Å². The van der Waals surface area contributed by atoms with Crippen LogP contribution in [0.25, 0.3) is 5.76 Å². The van der Waals surface area contributed by atoms with Gasteiger partial charge in [-0.05, 0) is 48.5 Å². The van der Waals surface area contributed by atoms with E-state index in [4.69, 9.17) is 32.4 Å². The smallest absolute Gasteiger partial charge is 0.300 e. The van der Waals surface area contributed by atoms with Gasteiger partial charge in [-0.25, -0.2) is 0 Å². The number of furan rings is 1. The molecule has 0 radical (unpaired) electrons. The number of carbonyl (C=O) groups excluding carboxylic acids is 2. The average molecular weight is 444 g/mol. The summed E-state index contributed by atoms with van der Waals surface area (Å²) in [4.78, 5) is 27.2. The van der Waals surface area contributed by atoms with Crippen molar-refractivity contribution in [3.8, 4) is 5.75 Å². The van der Waals surface area contributed by atoms with Gasteiger partial charge in [0.2, 0.25) is 0 Å². The molecule has 152 valence electrons. The normalized spacial score (nSPS) is 18.1. The molecule has 1 aliphatic rings. The van der Waals surface area contributed by atoms with E-state index in [1.807, 2.05) is 0 Å². The molecule has 1 amide bonds. The summed E-state index contributed by atoms with van der Waals surface area (Å²) in [5.74, 6) is -1.38. The molecular formula is C22H15Cl2NO5. The first kappa shape index (κ1) is 20.1. The molecule has 0 aliphatic carbocycles. The molecule has 1 unspecified atom stereocenters. The Morgan fingerprint density at radius 2 is 1.90 bits per heavy atom. The topological polar surface area (TPSA) is 80.0 Å². The number of ketones is 1. The predicted octanol–water partition coefficient (Wildman–Crippen LogP) is 5.22. The highest BCUT2D eigenvalue weighted by Gasteiger charge is 2.48. The second-order valence-corrected chi connectivity index (χ2v) is 7.36. The van der Waals surface area contributed by atoms with Gasteiger partial charge in [-0.2, -0.15) is 0 Å². The minimum atomic E-state index is -0.972. The fraction of sp³-hybridized carbons (Fsp3) is 0.0909. The molecule has 6 nitrogen and oxygen atoms in total. The predicted molar refractivity (Wildman–Crippen MR) is 113 cm³/mol. The van der Waals surface area contributed by atoms with E-state index in [1.54, 1.807) is 36.4 Å². The largest absolute Gasteiger partial charge is 0.507 e. The summed E-state index contributed by atoms with van der Waals surface area (Å²) in [5, 5.41) is 11.8. The van der Waals surface area contributed by atoms with E-state index in [-0.39, 0.29) is 16.9 Å². The lowest BCUT2D eigenvalue weighted by Gasteiger charge is -2.23. The molecule has 8 heteroatoms. The number of aliphatic hydroxyl groups is 1. The number of hydrogen-bond donors (Lipinski definition) is 1. The van der Waals surface area contributed by atoms with E-state index in [0.717, 1.165) is 0 Å². The molecule has 1 aromatic heterocycles. The molecule has 2 aromatic carbocycles. The number of ether oxygens (including phenoxy) is 1. The Bertz CT molecular complexity index is 1170. The number of nitrogens with zero attached hydrogens (tertiary/aromatic N) is 1. The van der Waals surface area contributed by atoms with Crippen molar-refractivity contribution >= 4 is 46.3 Å². The van der Waals surface area contributed by atoms with Crippen LogP contribution in [-0.2, 0) is 9.59 Å². The number of benzene rings is 2. The quantitative estimate of drug-likeness (QED) is 0.339. The molecule has 1 atom stereocenters. The number of hydrogen-bond acceptors (Lipinski definition) is 5. The second-order valence-electron chi connectivity index (χ2n) is 6.51. The molecule has 30 heavy (non-hydrogen) atoms. The van der Waals surface area contributed by atoms with Crippen LogP contribution in [0.2, 0.25) is 10.0 Å². The Balaban J connectivity index is 1.93. The summed E-state index contributed by atoms with van der Waals surface area (Å²) in [6.45, 7) is 0. The third-order valence-electron chi connectivity index (χ3n) is 4.77. The molecule has 1 saturated heterocycles. The second kappa shape index (κ2) is 7.89. The highest BCUT2D eigenvalue weighted by atomic mass is 35.5. The summed E-state index contributed by atoms with van der Waals surface area (Å²) < 4.78 is 10.7. The number of methoxy groups -OCH3 is 1. The SMILES string of the molecule is COc1cc(/C(O)=C2/C(=O)C(=O)N(c3cccc(Cl)c3)C2c2ccco2)ccc1Cl. The summed E-state index contributed by atoms with van der Waals surface area (Å²) in [6.07, 6.45) is 1.43. The number of amides is 1. The molecule has 0 saturated carbocycles. The fourth-order valence-corrected chi connectivity index (χ4v) is 3.78. The Labute approximate surface area is 181 Å². The van der Waals surface area contributed by atoms with Crippen LogP contribution in [0.3, 0.4) is 0 Å². The van der Waals surface area contributed by atoms with Crippen LogP contribution in [0, 0.1) is 0 Å². The van der Waals surface area contributed by atoms with E-state index in [2.05, 4.69) is 0 Å². The van der Waals surface area contributed by atoms with Gasteiger partial charge in [-0.1, -0.05) is 29.3 Å². The summed E-state index contributed by atoms with van der Waals surface area (Å²) >= 11 is 12.1. The van der Waals surface area contributed by atoms with Gasteiger partial charge in [0, 0.05) is 16.3 Å². The van der Waals surface area contributed by atoms with Crippen molar-refractivity contribution in [3.63, 3.8) is 0 Å². The number of Topliss-reactive ketones (excluding diaryl/α,β-unsaturated/α-hetero) is 1. The van der Waals surface area contributed by atoms with Gasteiger partial charge in [0.15, 0.2) is 0 Å². The number of halogens is 2. The van der Waals surface area contributed by atoms with Crippen molar-refractivity contribution < 1.29 is 23.8 Å². The lowest BCUT2D eigenvalue weighted by Crippen LogP contribution is -2.29. The van der Waals surface area contributed by atoms with Crippen molar-refractivity contribution in [3.05, 3.63) is 87.8 Å². The highest BCUT2D eigenvalue weighted by molar-refractivity contribution is 6.51. The number of rotatable bonds is 4. The number of aliphatic hydroxyl groups excluding tert-OH is 1. The van der Waals surface area contributed by atoms with Crippen LogP contribution < -0.4 is 9.64 Å². The van der Waals surface area contributed by atoms with E-state index >= 15 is 0 Å². The Hall–Kier alpha value is -3.22. The zero-order valence-corrected chi connectivity index (χ0v) is 17.1. The average Bonchev–Trinajstić information content (AvgIpc) is 3.35. The first-order chi connectivity index (χ1) is 14.4. The molecule has 0 bridgehead atoms. The van der Waals surface area contributed by atoms with Crippen LogP contribution in [0.15, 0.2) is 70.9 Å². The van der Waals surface area contributed by atoms with Crippen LogP contribution in [-0.4, -0.2) is 23.9 Å². The van der Waals surface area contributed by atoms with E-state index < -0.39 is 17.7 Å². The zero-order chi connectivity index (χ0) is 21.4. The van der Waals surface area contributed by atoms with Gasteiger partial charge < -0.3 is 14.3 Å². The van der Waals surface area contributed by atoms with Gasteiger partial charge in [0.05, 0.1) is 24.0 Å². The molecule has 3 aromatic rings. The van der Waals surface area contributed by atoms with Gasteiger partial charge >= 0.3 is 0 Å². The minimum Gasteiger partial charge on any atom is -0.507 e. The molecule has 4 rings (SSSR count). The Morgan fingerprint density at radius 1 is 1.10 bits per heavy atom. The maximum Gasteiger partial charge on any atom is 0.300 e. The lowest BCUT2D eigenvalue weighted by atomic mass is 9.99. The van der Waals surface area contributed by atoms with Crippen molar-refractivity contribution in [2.24, 2.45) is 0 Å². The monoisotopic (exact) mass is 443 g/mol. The van der Waals surface area contributed by atoms with E-state index in [1.165, 1.54) is 36.5 Å². The highest BCUT2D eigenvalue weighted by Crippen LogP contribution is 2.43. The number of anilines is 1. The van der Waals surface area contributed by atoms with Gasteiger partial charge in [-0.3, -0.25) is 14.5 Å². The van der Waals surface area contributed by atoms with Crippen molar-refractivity contribution in [1.82, 2.24) is 0 Å². The molecule has 1 aliphatic heterocycles. The summed E-state index contributed by atoms with van der Waals surface area (Å²) in [6, 6.07) is 13.4. The Morgan fingerprint density at radius 3 is 2.57 bits per heavy atom. The van der Waals surface area contributed by atoms with Gasteiger partial charge in [0.25, 0.3) is 11.7 Å². The van der Waals surface area contributed by atoms with Crippen LogP contribution >= 0.6 is 23.2 Å². The van der Waals surface area contributed by atoms with Crippen molar-refractivity contribution in [2.45, 2.75) is 6.04 Å². The Kier molecular flexibility index (Phi) is 5.28. The molecule has 0 spiro atoms. The van der Waals surface area contributed by atoms with Gasteiger partial charge in [0.1, 0.15) is 23.3 Å². The zero-order valence-electron chi connectivity index (χ0n) is 15.6. The molecule has 1 N–H and O–H groups in total. The first-order valence-corrected chi connectivity index (χ1v) is 9.62. The first-order valence-electron chi connectivity index (χ1n) is 8.86. The van der Waals surface area contributed by atoms with Crippen LogP contribution in [0.4, 0.5) is 5.69 Å². The minimum absolute atomic E-state index is 0.112. The maximum absolute atomic E-state index is 13.0. The summed E-state index contributed by atoms with van der Waals surface area (Å²) in [5.41, 5.74) is 0.565. The number of carbonyl (C=O) groups is 2. The van der Waals surface area contributed by atoms with Crippen molar-refractivity contribution in [2.75, 3.05) is 12.0 Å². The molecule has 1 fully saturated rings. The van der Waals surface area contributed by atoms with Crippen LogP contribution in [0.5, 0.6) is 5.75 Å². The van der Waals surface area contributed by atoms with E-state index in [9.17, 15) is 14.7 Å². The summed E-state index contributed by atoms with van der Waals surface area (Å²) in [7, 11) is 1.44. The third kappa shape index (κ3) is 3.34. The molecule has 2 heterocycles. The standard InChI is InChI=1S/C22H15Cl2NO5/c1-29-17-10-12(7-8-15(17)24)20(26)18-19(16-6-3-9-30-16)25(22(28)21(18)27)14-5-2-4-13(23)11-14/h2-11,19,26H,1H3/b20-18-. The fourth-order valence-electron chi connectivity index (χ4n) is 3.40.